The van der Waals surface area contributed by atoms with Crippen molar-refractivity contribution in [1.29, 1.82) is 0 Å². The van der Waals surface area contributed by atoms with Gasteiger partial charge in [0.25, 0.3) is 11.8 Å². The maximum absolute atomic E-state index is 13.7. The molecule has 0 spiro atoms. The zero-order valence-electron chi connectivity index (χ0n) is 28.5. The van der Waals surface area contributed by atoms with Crippen molar-refractivity contribution >= 4 is 17.5 Å². The number of anilines is 1. The number of amides is 2. The van der Waals surface area contributed by atoms with E-state index >= 15 is 0 Å². The van der Waals surface area contributed by atoms with Gasteiger partial charge in [-0.15, -0.1) is 5.10 Å². The van der Waals surface area contributed by atoms with Crippen LogP contribution in [0.5, 0.6) is 5.75 Å². The summed E-state index contributed by atoms with van der Waals surface area (Å²) in [5.41, 5.74) is 5.71. The molecule has 0 saturated carbocycles. The van der Waals surface area contributed by atoms with E-state index in [1.807, 2.05) is 56.3 Å². The van der Waals surface area contributed by atoms with Crippen LogP contribution in [0.25, 0.3) is 5.69 Å². The van der Waals surface area contributed by atoms with Crippen LogP contribution in [0.1, 0.15) is 76.8 Å². The molecule has 0 bridgehead atoms. The van der Waals surface area contributed by atoms with Crippen molar-refractivity contribution in [2.24, 2.45) is 0 Å². The smallest absolute Gasteiger partial charge is 0.273 e. The Labute approximate surface area is 272 Å². The predicted molar refractivity (Wildman–Crippen MR) is 183 cm³/mol. The van der Waals surface area contributed by atoms with E-state index in [4.69, 9.17) is 4.74 Å². The highest BCUT2D eigenvalue weighted by atomic mass is 16.5. The van der Waals surface area contributed by atoms with Crippen LogP contribution >= 0.6 is 0 Å². The summed E-state index contributed by atoms with van der Waals surface area (Å²) in [7, 11) is 7.84. The molecule has 0 aliphatic rings. The van der Waals surface area contributed by atoms with E-state index in [1.165, 1.54) is 4.68 Å². The van der Waals surface area contributed by atoms with Gasteiger partial charge in [-0.1, -0.05) is 68.4 Å². The molecule has 3 aromatic carbocycles. The van der Waals surface area contributed by atoms with Crippen molar-refractivity contribution in [3.8, 4) is 11.4 Å². The fraction of sp³-hybridized carbons (Fsp3) is 0.389. The highest BCUT2D eigenvalue weighted by Gasteiger charge is 2.23. The van der Waals surface area contributed by atoms with Gasteiger partial charge in [-0.3, -0.25) is 9.59 Å². The molecule has 1 aromatic heterocycles. The van der Waals surface area contributed by atoms with Gasteiger partial charge in [-0.25, -0.2) is 4.68 Å². The molecule has 0 aliphatic heterocycles. The second kappa shape index (κ2) is 14.7. The minimum Gasteiger partial charge on any atom is -0.494 e. The molecule has 4 aromatic rings. The van der Waals surface area contributed by atoms with Crippen LogP contribution in [-0.4, -0.2) is 78.0 Å². The number of rotatable bonds is 12. The molecule has 10 nitrogen and oxygen atoms in total. The minimum atomic E-state index is -0.330. The fourth-order valence-corrected chi connectivity index (χ4v) is 5.09. The van der Waals surface area contributed by atoms with Crippen molar-refractivity contribution in [1.82, 2.24) is 30.1 Å². The Morgan fingerprint density at radius 1 is 0.978 bits per heavy atom. The van der Waals surface area contributed by atoms with Crippen molar-refractivity contribution in [2.45, 2.75) is 52.6 Å². The molecule has 10 heteroatoms. The summed E-state index contributed by atoms with van der Waals surface area (Å²) >= 11 is 0. The van der Waals surface area contributed by atoms with Gasteiger partial charge in [-0.2, -0.15) is 0 Å². The second-order valence-electron chi connectivity index (χ2n) is 13.1. The third-order valence-electron chi connectivity index (χ3n) is 7.94. The molecule has 0 fully saturated rings. The Bertz CT molecular complexity index is 1660. The summed E-state index contributed by atoms with van der Waals surface area (Å²) in [6.45, 7) is 12.8. The molecule has 0 aliphatic carbocycles. The van der Waals surface area contributed by atoms with Crippen molar-refractivity contribution in [3.05, 3.63) is 100 Å². The number of carbonyl (C=O) groups is 2. The molecule has 2 N–H and O–H groups in total. The third kappa shape index (κ3) is 8.58. The van der Waals surface area contributed by atoms with Gasteiger partial charge in [-0.05, 0) is 75.3 Å². The number of nitrogens with one attached hydrogen (secondary N) is 2. The summed E-state index contributed by atoms with van der Waals surface area (Å²) in [6.07, 6.45) is 1.58. The van der Waals surface area contributed by atoms with E-state index in [-0.39, 0.29) is 29.0 Å². The van der Waals surface area contributed by atoms with Crippen LogP contribution in [0.2, 0.25) is 0 Å². The van der Waals surface area contributed by atoms with Crippen molar-refractivity contribution in [2.75, 3.05) is 46.7 Å². The van der Waals surface area contributed by atoms with E-state index in [2.05, 4.69) is 78.7 Å². The van der Waals surface area contributed by atoms with Gasteiger partial charge in [0.05, 0.1) is 30.7 Å². The monoisotopic (exact) mass is 625 g/mol. The summed E-state index contributed by atoms with van der Waals surface area (Å²) in [5.74, 6) is 0.0254. The molecule has 0 radical (unpaired) electrons. The number of likely N-dealkylation sites (N-methyl/N-ethyl adjacent to an activating group) is 2. The minimum absolute atomic E-state index is 0.143. The van der Waals surface area contributed by atoms with E-state index in [1.54, 1.807) is 25.4 Å². The van der Waals surface area contributed by atoms with E-state index < -0.39 is 0 Å². The van der Waals surface area contributed by atoms with Gasteiger partial charge in [0.2, 0.25) is 0 Å². The zero-order chi connectivity index (χ0) is 33.6. The largest absolute Gasteiger partial charge is 0.494 e. The second-order valence-corrected chi connectivity index (χ2v) is 13.1. The molecular formula is C36H47N7O3. The van der Waals surface area contributed by atoms with Crippen LogP contribution in [0.15, 0.2) is 66.9 Å². The van der Waals surface area contributed by atoms with Crippen LogP contribution < -0.4 is 15.4 Å². The Balaban J connectivity index is 1.58. The maximum Gasteiger partial charge on any atom is 0.273 e. The van der Waals surface area contributed by atoms with E-state index in [9.17, 15) is 9.59 Å². The van der Waals surface area contributed by atoms with Gasteiger partial charge < -0.3 is 25.2 Å². The van der Waals surface area contributed by atoms with E-state index in [0.29, 0.717) is 29.2 Å². The SMILES string of the molecule is COc1c(CN(C)CCN(C)C)cc(C(C)(C)C)cc1NC(=O)c1ccc(C)c(-n2cc(C(=O)N[C@H](C)c3ccccc3)nn2)c1. The van der Waals surface area contributed by atoms with Crippen molar-refractivity contribution in [3.63, 3.8) is 0 Å². The molecule has 46 heavy (non-hydrogen) atoms. The predicted octanol–water partition coefficient (Wildman–Crippen LogP) is 5.62. The number of aryl methyl sites for hydroxylation is 1. The number of hydrogen-bond acceptors (Lipinski definition) is 7. The molecule has 0 saturated heterocycles. The van der Waals surface area contributed by atoms with Gasteiger partial charge in [0, 0.05) is 30.8 Å². The van der Waals surface area contributed by atoms with Gasteiger partial charge in [0.15, 0.2) is 5.69 Å². The van der Waals surface area contributed by atoms with Crippen LogP contribution in [0.3, 0.4) is 0 Å². The number of hydrogen-bond donors (Lipinski definition) is 2. The van der Waals surface area contributed by atoms with Gasteiger partial charge in [0.1, 0.15) is 5.75 Å². The van der Waals surface area contributed by atoms with Crippen LogP contribution in [0, 0.1) is 6.92 Å². The Morgan fingerprint density at radius 3 is 2.35 bits per heavy atom. The highest BCUT2D eigenvalue weighted by molar-refractivity contribution is 6.05. The number of aromatic nitrogens is 3. The van der Waals surface area contributed by atoms with Crippen LogP contribution in [0.4, 0.5) is 5.69 Å². The molecule has 0 unspecified atom stereocenters. The quantitative estimate of drug-likeness (QED) is 0.211. The number of methoxy groups -OCH3 is 1. The van der Waals surface area contributed by atoms with Gasteiger partial charge >= 0.3 is 0 Å². The summed E-state index contributed by atoms with van der Waals surface area (Å²) in [4.78, 5) is 31.1. The molecular weight excluding hydrogens is 578 g/mol. The highest BCUT2D eigenvalue weighted by Crippen LogP contribution is 2.36. The molecule has 4 rings (SSSR count). The Hall–Kier alpha value is -4.54. The lowest BCUT2D eigenvalue weighted by Gasteiger charge is -2.26. The molecule has 1 heterocycles. The van der Waals surface area contributed by atoms with Crippen molar-refractivity contribution < 1.29 is 14.3 Å². The molecule has 244 valence electrons. The number of nitrogens with zero attached hydrogens (tertiary/aromatic N) is 5. The maximum atomic E-state index is 13.7. The average molecular weight is 626 g/mol. The Kier molecular flexibility index (Phi) is 11.0. The lowest BCUT2D eigenvalue weighted by Crippen LogP contribution is -2.28. The standard InChI is InChI=1S/C36H47N7O3/c1-24-15-16-27(20-32(24)43-23-31(39-40-43)35(45)37-25(2)26-13-11-10-12-14-26)34(44)38-30-21-29(36(3,4)5)19-28(33(30)46-9)22-42(8)18-17-41(6)7/h10-16,19-21,23,25H,17-18,22H2,1-9H3,(H,37,45)(H,38,44)/t25-/m1/s1. The lowest BCUT2D eigenvalue weighted by atomic mass is 9.85. The summed E-state index contributed by atoms with van der Waals surface area (Å²) < 4.78 is 7.41. The average Bonchev–Trinajstić information content (AvgIpc) is 3.50. The topological polar surface area (TPSA) is 105 Å². The summed E-state index contributed by atoms with van der Waals surface area (Å²) in [5, 5.41) is 14.4. The fourth-order valence-electron chi connectivity index (χ4n) is 5.09. The normalized spacial score (nSPS) is 12.3. The van der Waals surface area contributed by atoms with Crippen LogP contribution in [-0.2, 0) is 12.0 Å². The first-order valence-corrected chi connectivity index (χ1v) is 15.5. The first kappa shape index (κ1) is 34.3. The number of benzene rings is 3. The first-order valence-electron chi connectivity index (χ1n) is 15.5. The lowest BCUT2D eigenvalue weighted by molar-refractivity contribution is 0.0934. The zero-order valence-corrected chi connectivity index (χ0v) is 28.5. The third-order valence-corrected chi connectivity index (χ3v) is 7.94. The summed E-state index contributed by atoms with van der Waals surface area (Å²) in [6, 6.07) is 19.1. The first-order chi connectivity index (χ1) is 21.8. The van der Waals surface area contributed by atoms with E-state index in [0.717, 1.165) is 35.3 Å². The number of carbonyl (C=O) groups excluding carboxylic acids is 2. The Morgan fingerprint density at radius 2 is 1.70 bits per heavy atom. The number of ether oxygens (including phenoxy) is 1. The molecule has 1 atom stereocenters. The molecule has 2 amide bonds.